The minimum atomic E-state index is -0.126. The zero-order valence-electron chi connectivity index (χ0n) is 11.1. The number of aliphatic hydroxyl groups excluding tert-OH is 1. The van der Waals surface area contributed by atoms with Crippen molar-refractivity contribution in [3.63, 3.8) is 0 Å². The van der Waals surface area contributed by atoms with E-state index in [0.717, 1.165) is 36.6 Å². The first-order valence-electron chi connectivity index (χ1n) is 6.89. The van der Waals surface area contributed by atoms with Crippen LogP contribution in [0.25, 0.3) is 10.9 Å². The zero-order valence-corrected chi connectivity index (χ0v) is 11.1. The molecule has 3 rings (SSSR count). The highest BCUT2D eigenvalue weighted by Crippen LogP contribution is 2.21. The Morgan fingerprint density at radius 1 is 1.21 bits per heavy atom. The minimum Gasteiger partial charge on any atom is -0.393 e. The maximum absolute atomic E-state index is 9.50. The van der Waals surface area contributed by atoms with Gasteiger partial charge in [0.15, 0.2) is 0 Å². The van der Waals surface area contributed by atoms with Crippen molar-refractivity contribution in [2.45, 2.75) is 44.8 Å². The maximum Gasteiger partial charge on any atom is 0.223 e. The van der Waals surface area contributed by atoms with Crippen LogP contribution in [0.4, 0.5) is 5.95 Å². The van der Waals surface area contributed by atoms with Gasteiger partial charge in [-0.15, -0.1) is 0 Å². The molecule has 0 aliphatic heterocycles. The summed E-state index contributed by atoms with van der Waals surface area (Å²) in [5.41, 5.74) is 2.19. The summed E-state index contributed by atoms with van der Waals surface area (Å²) in [6, 6.07) is 6.57. The fraction of sp³-hybridized carbons (Fsp3) is 0.467. The van der Waals surface area contributed by atoms with Crippen LogP contribution in [0.15, 0.2) is 24.4 Å². The number of anilines is 1. The van der Waals surface area contributed by atoms with Crippen LogP contribution in [-0.4, -0.2) is 27.2 Å². The molecule has 1 aliphatic carbocycles. The Morgan fingerprint density at radius 2 is 2.00 bits per heavy atom. The number of hydrogen-bond acceptors (Lipinski definition) is 4. The third kappa shape index (κ3) is 2.84. The van der Waals surface area contributed by atoms with E-state index >= 15 is 0 Å². The van der Waals surface area contributed by atoms with Crippen LogP contribution in [0.1, 0.15) is 31.2 Å². The number of fused-ring (bicyclic) bond motifs is 1. The van der Waals surface area contributed by atoms with Gasteiger partial charge in [-0.3, -0.25) is 0 Å². The topological polar surface area (TPSA) is 58.0 Å². The highest BCUT2D eigenvalue weighted by atomic mass is 16.3. The van der Waals surface area contributed by atoms with Crippen molar-refractivity contribution in [3.8, 4) is 0 Å². The van der Waals surface area contributed by atoms with Gasteiger partial charge in [-0.2, -0.15) is 0 Å². The second kappa shape index (κ2) is 5.13. The molecule has 1 aliphatic rings. The van der Waals surface area contributed by atoms with Crippen LogP contribution in [0, 0.1) is 6.92 Å². The fourth-order valence-electron chi connectivity index (χ4n) is 2.63. The Bertz CT molecular complexity index is 577. The van der Waals surface area contributed by atoms with Gasteiger partial charge in [0.1, 0.15) is 0 Å². The summed E-state index contributed by atoms with van der Waals surface area (Å²) in [4.78, 5) is 8.92. The Labute approximate surface area is 112 Å². The largest absolute Gasteiger partial charge is 0.393 e. The summed E-state index contributed by atoms with van der Waals surface area (Å²) in [5.74, 6) is 0.692. The molecule has 0 saturated heterocycles. The predicted molar refractivity (Wildman–Crippen MR) is 76.2 cm³/mol. The van der Waals surface area contributed by atoms with Crippen LogP contribution < -0.4 is 5.32 Å². The van der Waals surface area contributed by atoms with E-state index in [1.807, 2.05) is 12.3 Å². The Morgan fingerprint density at radius 3 is 2.79 bits per heavy atom. The normalized spacial score (nSPS) is 23.5. The van der Waals surface area contributed by atoms with Gasteiger partial charge in [-0.1, -0.05) is 11.6 Å². The highest BCUT2D eigenvalue weighted by molar-refractivity contribution is 5.79. The number of aromatic nitrogens is 2. The standard InChI is InChI=1S/C15H19N3O/c1-10-2-7-14-11(8-10)9-16-15(18-14)17-12-3-5-13(19)6-4-12/h2,7-9,12-13,19H,3-6H2,1H3,(H,16,17,18)/t12-,13+. The molecule has 1 fully saturated rings. The highest BCUT2D eigenvalue weighted by Gasteiger charge is 2.19. The van der Waals surface area contributed by atoms with E-state index in [1.165, 1.54) is 5.56 Å². The van der Waals surface area contributed by atoms with Gasteiger partial charge in [-0.25, -0.2) is 9.97 Å². The molecular formula is C15H19N3O. The molecule has 1 saturated carbocycles. The van der Waals surface area contributed by atoms with Crippen molar-refractivity contribution in [1.82, 2.24) is 9.97 Å². The fourth-order valence-corrected chi connectivity index (χ4v) is 2.63. The molecule has 1 aromatic heterocycles. The summed E-state index contributed by atoms with van der Waals surface area (Å²) in [7, 11) is 0. The second-order valence-corrected chi connectivity index (χ2v) is 5.41. The molecule has 1 heterocycles. The SMILES string of the molecule is Cc1ccc2nc(N[C@H]3CC[C@@H](O)CC3)ncc2c1. The summed E-state index contributed by atoms with van der Waals surface area (Å²) < 4.78 is 0. The van der Waals surface area contributed by atoms with Crippen LogP contribution >= 0.6 is 0 Å². The second-order valence-electron chi connectivity index (χ2n) is 5.41. The molecule has 2 N–H and O–H groups in total. The summed E-state index contributed by atoms with van der Waals surface area (Å²) >= 11 is 0. The smallest absolute Gasteiger partial charge is 0.223 e. The predicted octanol–water partition coefficient (Wildman–Crippen LogP) is 2.65. The molecule has 0 spiro atoms. The maximum atomic E-state index is 9.50. The van der Waals surface area contributed by atoms with Crippen molar-refractivity contribution in [3.05, 3.63) is 30.0 Å². The molecule has 0 radical (unpaired) electrons. The minimum absolute atomic E-state index is 0.126. The number of aliphatic hydroxyl groups is 1. The monoisotopic (exact) mass is 257 g/mol. The average molecular weight is 257 g/mol. The van der Waals surface area contributed by atoms with Gasteiger partial charge < -0.3 is 10.4 Å². The van der Waals surface area contributed by atoms with E-state index in [0.29, 0.717) is 12.0 Å². The number of rotatable bonds is 2. The quantitative estimate of drug-likeness (QED) is 0.868. The average Bonchev–Trinajstić information content (AvgIpc) is 2.42. The number of benzene rings is 1. The summed E-state index contributed by atoms with van der Waals surface area (Å²) in [6.07, 6.45) is 5.44. The third-order valence-corrected chi connectivity index (χ3v) is 3.77. The van der Waals surface area contributed by atoms with Gasteiger partial charge >= 0.3 is 0 Å². The molecule has 100 valence electrons. The van der Waals surface area contributed by atoms with E-state index < -0.39 is 0 Å². The molecule has 19 heavy (non-hydrogen) atoms. The van der Waals surface area contributed by atoms with E-state index in [1.54, 1.807) is 0 Å². The van der Waals surface area contributed by atoms with E-state index in [-0.39, 0.29) is 6.10 Å². The molecule has 4 nitrogen and oxygen atoms in total. The Hall–Kier alpha value is -1.68. The van der Waals surface area contributed by atoms with Crippen LogP contribution in [0.3, 0.4) is 0 Å². The van der Waals surface area contributed by atoms with Gasteiger partial charge in [-0.05, 0) is 44.7 Å². The first-order chi connectivity index (χ1) is 9.20. The van der Waals surface area contributed by atoms with Crippen molar-refractivity contribution >= 4 is 16.9 Å². The van der Waals surface area contributed by atoms with Gasteiger partial charge in [0.2, 0.25) is 5.95 Å². The molecule has 4 heteroatoms. The lowest BCUT2D eigenvalue weighted by Gasteiger charge is -2.26. The van der Waals surface area contributed by atoms with E-state index in [9.17, 15) is 5.11 Å². The van der Waals surface area contributed by atoms with Crippen molar-refractivity contribution in [2.75, 3.05) is 5.32 Å². The van der Waals surface area contributed by atoms with Crippen molar-refractivity contribution in [2.24, 2.45) is 0 Å². The van der Waals surface area contributed by atoms with E-state index in [2.05, 4.69) is 34.3 Å². The van der Waals surface area contributed by atoms with Gasteiger partial charge in [0.25, 0.3) is 0 Å². The molecule has 0 bridgehead atoms. The molecule has 0 unspecified atom stereocenters. The Balaban J connectivity index is 1.76. The van der Waals surface area contributed by atoms with Crippen molar-refractivity contribution < 1.29 is 5.11 Å². The number of nitrogens with zero attached hydrogens (tertiary/aromatic N) is 2. The number of aryl methyl sites for hydroxylation is 1. The van der Waals surface area contributed by atoms with E-state index in [4.69, 9.17) is 0 Å². The lowest BCUT2D eigenvalue weighted by molar-refractivity contribution is 0.126. The number of hydrogen-bond donors (Lipinski definition) is 2. The van der Waals surface area contributed by atoms with Crippen LogP contribution in [-0.2, 0) is 0 Å². The zero-order chi connectivity index (χ0) is 13.2. The first kappa shape index (κ1) is 12.4. The van der Waals surface area contributed by atoms with Gasteiger partial charge in [0.05, 0.1) is 11.6 Å². The molecule has 0 atom stereocenters. The first-order valence-corrected chi connectivity index (χ1v) is 6.89. The van der Waals surface area contributed by atoms with Gasteiger partial charge in [0, 0.05) is 17.6 Å². The third-order valence-electron chi connectivity index (χ3n) is 3.77. The lowest BCUT2D eigenvalue weighted by atomic mass is 9.93. The Kier molecular flexibility index (Phi) is 3.34. The molecule has 2 aromatic rings. The number of nitrogens with one attached hydrogen (secondary N) is 1. The lowest BCUT2D eigenvalue weighted by Crippen LogP contribution is -2.28. The molecular weight excluding hydrogens is 238 g/mol. The van der Waals surface area contributed by atoms with Crippen molar-refractivity contribution in [1.29, 1.82) is 0 Å². The molecule has 0 amide bonds. The summed E-state index contributed by atoms with van der Waals surface area (Å²) in [5, 5.41) is 13.9. The van der Waals surface area contributed by atoms with Crippen LogP contribution in [0.5, 0.6) is 0 Å². The van der Waals surface area contributed by atoms with Crippen LogP contribution in [0.2, 0.25) is 0 Å². The summed E-state index contributed by atoms with van der Waals surface area (Å²) in [6.45, 7) is 2.07. The molecule has 1 aromatic carbocycles.